The molecule has 1 aliphatic heterocycles. The number of benzene rings is 2. The van der Waals surface area contributed by atoms with E-state index >= 15 is 0 Å². The van der Waals surface area contributed by atoms with E-state index in [0.717, 1.165) is 12.1 Å². The minimum atomic E-state index is -0.470. The second-order valence-corrected chi connectivity index (χ2v) is 9.27. The van der Waals surface area contributed by atoms with Gasteiger partial charge in [0.05, 0.1) is 11.6 Å². The number of thiocarbonyl (C=S) groups is 1. The van der Waals surface area contributed by atoms with Crippen molar-refractivity contribution < 1.29 is 13.3 Å². The molecule has 1 atom stereocenters. The average Bonchev–Trinajstić information content (AvgIpc) is 3.52. The molecule has 2 aromatic carbocycles. The molecule has 172 valence electrons. The van der Waals surface area contributed by atoms with Gasteiger partial charge in [-0.25, -0.2) is 8.78 Å². The smallest absolute Gasteiger partial charge is 0.258 e. The Balaban J connectivity index is 1.56. The fourth-order valence-electron chi connectivity index (χ4n) is 3.99. The highest BCUT2D eigenvalue weighted by molar-refractivity contribution is 7.80. The molecule has 1 N–H and O–H groups in total. The second kappa shape index (κ2) is 9.44. The van der Waals surface area contributed by atoms with Gasteiger partial charge in [0, 0.05) is 22.7 Å². The van der Waals surface area contributed by atoms with E-state index in [9.17, 15) is 8.78 Å². The van der Waals surface area contributed by atoms with Crippen molar-refractivity contribution in [2.75, 3.05) is 6.54 Å². The van der Waals surface area contributed by atoms with Crippen molar-refractivity contribution in [1.29, 1.82) is 0 Å². The standard InChI is InChI=1S/C25H20F2N4OS2/c1-15-21(24-29-23(30-32-24)16-7-9-18(26)10-8-16)22(17-4-2-5-19(27)14-17)28-25(33)31(15)12-11-20-6-3-13-34-20/h2-10,13-14,22H,11-12H2,1H3,(H,28,33). The van der Waals surface area contributed by atoms with Gasteiger partial charge in [-0.15, -0.1) is 11.3 Å². The quantitative estimate of drug-likeness (QED) is 0.333. The number of nitrogens with one attached hydrogen (secondary N) is 1. The van der Waals surface area contributed by atoms with Crippen LogP contribution in [0.4, 0.5) is 8.78 Å². The SMILES string of the molecule is CC1=C(c2nc(-c3ccc(F)cc3)no2)C(c2cccc(F)c2)NC(=S)N1CCc1cccs1. The molecular formula is C25H20F2N4OS2. The summed E-state index contributed by atoms with van der Waals surface area (Å²) >= 11 is 7.39. The maximum Gasteiger partial charge on any atom is 0.258 e. The second-order valence-electron chi connectivity index (χ2n) is 7.85. The van der Waals surface area contributed by atoms with Crippen molar-refractivity contribution in [2.45, 2.75) is 19.4 Å². The van der Waals surface area contributed by atoms with Crippen LogP contribution in [0.15, 0.2) is 76.3 Å². The molecule has 0 spiro atoms. The van der Waals surface area contributed by atoms with Crippen molar-refractivity contribution in [2.24, 2.45) is 0 Å². The van der Waals surface area contributed by atoms with Gasteiger partial charge < -0.3 is 14.7 Å². The highest BCUT2D eigenvalue weighted by atomic mass is 32.1. The number of hydrogen-bond donors (Lipinski definition) is 1. The van der Waals surface area contributed by atoms with Gasteiger partial charge in [0.15, 0.2) is 5.11 Å². The first-order valence-electron chi connectivity index (χ1n) is 10.7. The Kier molecular flexibility index (Phi) is 6.21. The van der Waals surface area contributed by atoms with Crippen LogP contribution in [0.2, 0.25) is 0 Å². The number of aromatic nitrogens is 2. The van der Waals surface area contributed by atoms with Crippen LogP contribution in [-0.2, 0) is 6.42 Å². The number of rotatable bonds is 6. The third kappa shape index (κ3) is 4.49. The van der Waals surface area contributed by atoms with E-state index in [0.29, 0.717) is 40.1 Å². The van der Waals surface area contributed by atoms with Crippen molar-refractivity contribution >= 4 is 34.2 Å². The van der Waals surface area contributed by atoms with Crippen LogP contribution in [0.5, 0.6) is 0 Å². The third-order valence-corrected chi connectivity index (χ3v) is 6.97. The molecule has 1 aliphatic rings. The molecule has 0 aliphatic carbocycles. The lowest BCUT2D eigenvalue weighted by Crippen LogP contribution is -2.46. The maximum atomic E-state index is 14.1. The van der Waals surface area contributed by atoms with E-state index in [1.807, 2.05) is 29.3 Å². The Morgan fingerprint density at radius 1 is 1.09 bits per heavy atom. The number of halogens is 2. The molecule has 0 fully saturated rings. The zero-order chi connectivity index (χ0) is 23.7. The summed E-state index contributed by atoms with van der Waals surface area (Å²) in [4.78, 5) is 7.84. The minimum absolute atomic E-state index is 0.294. The monoisotopic (exact) mass is 494 g/mol. The van der Waals surface area contributed by atoms with Crippen LogP contribution in [0, 0.1) is 11.6 Å². The van der Waals surface area contributed by atoms with Crippen LogP contribution in [-0.4, -0.2) is 26.7 Å². The fourth-order valence-corrected chi connectivity index (χ4v) is 5.03. The summed E-state index contributed by atoms with van der Waals surface area (Å²) < 4.78 is 33.1. The molecule has 0 saturated carbocycles. The highest BCUT2D eigenvalue weighted by Crippen LogP contribution is 2.37. The lowest BCUT2D eigenvalue weighted by Gasteiger charge is -2.37. The van der Waals surface area contributed by atoms with E-state index in [-0.39, 0.29) is 11.6 Å². The zero-order valence-electron chi connectivity index (χ0n) is 18.2. The number of allylic oxidation sites excluding steroid dienone is 1. The number of nitrogens with zero attached hydrogens (tertiary/aromatic N) is 3. The van der Waals surface area contributed by atoms with Crippen molar-refractivity contribution in [3.63, 3.8) is 0 Å². The summed E-state index contributed by atoms with van der Waals surface area (Å²) in [6.45, 7) is 2.61. The maximum absolute atomic E-state index is 14.1. The normalized spacial score (nSPS) is 16.1. The van der Waals surface area contributed by atoms with Gasteiger partial charge in [0.25, 0.3) is 5.89 Å². The van der Waals surface area contributed by atoms with Crippen molar-refractivity contribution in [1.82, 2.24) is 20.4 Å². The van der Waals surface area contributed by atoms with Crippen molar-refractivity contribution in [3.05, 3.63) is 99.7 Å². The zero-order valence-corrected chi connectivity index (χ0v) is 19.8. The first kappa shape index (κ1) is 22.4. The first-order chi connectivity index (χ1) is 16.5. The highest BCUT2D eigenvalue weighted by Gasteiger charge is 2.34. The summed E-state index contributed by atoms with van der Waals surface area (Å²) in [7, 11) is 0. The molecule has 1 unspecified atom stereocenters. The molecule has 0 amide bonds. The van der Waals surface area contributed by atoms with Gasteiger partial charge in [0.1, 0.15) is 11.6 Å². The van der Waals surface area contributed by atoms with Crippen molar-refractivity contribution in [3.8, 4) is 11.4 Å². The van der Waals surface area contributed by atoms with Gasteiger partial charge in [-0.05, 0) is 79.0 Å². The summed E-state index contributed by atoms with van der Waals surface area (Å²) in [6, 6.07) is 15.9. The number of hydrogen-bond acceptors (Lipinski definition) is 5. The van der Waals surface area contributed by atoms with E-state index in [1.165, 1.54) is 29.1 Å². The third-order valence-electron chi connectivity index (χ3n) is 5.70. The van der Waals surface area contributed by atoms with Gasteiger partial charge in [-0.2, -0.15) is 4.98 Å². The Morgan fingerprint density at radius 3 is 2.65 bits per heavy atom. The predicted molar refractivity (Wildman–Crippen MR) is 132 cm³/mol. The van der Waals surface area contributed by atoms with Gasteiger partial charge in [-0.3, -0.25) is 0 Å². The van der Waals surface area contributed by atoms with E-state index in [1.54, 1.807) is 29.5 Å². The molecule has 3 heterocycles. The molecule has 34 heavy (non-hydrogen) atoms. The molecule has 0 radical (unpaired) electrons. The number of thiophene rings is 1. The Labute approximate surface area is 204 Å². The fraction of sp³-hybridized carbons (Fsp3) is 0.160. The Morgan fingerprint density at radius 2 is 1.91 bits per heavy atom. The van der Waals surface area contributed by atoms with Crippen LogP contribution < -0.4 is 5.32 Å². The Hall–Kier alpha value is -3.43. The topological polar surface area (TPSA) is 54.2 Å². The molecule has 4 aromatic rings. The van der Waals surface area contributed by atoms with E-state index < -0.39 is 6.04 Å². The summed E-state index contributed by atoms with van der Waals surface area (Å²) in [5.41, 5.74) is 2.89. The van der Waals surface area contributed by atoms with Gasteiger partial charge in [0.2, 0.25) is 5.82 Å². The predicted octanol–water partition coefficient (Wildman–Crippen LogP) is 5.98. The molecule has 0 bridgehead atoms. The van der Waals surface area contributed by atoms with E-state index in [4.69, 9.17) is 16.7 Å². The van der Waals surface area contributed by atoms with Crippen LogP contribution in [0.3, 0.4) is 0 Å². The molecular weight excluding hydrogens is 474 g/mol. The molecule has 0 saturated heterocycles. The summed E-state index contributed by atoms with van der Waals surface area (Å²) in [5.74, 6) is -0.0581. The van der Waals surface area contributed by atoms with E-state index in [2.05, 4.69) is 21.5 Å². The molecule has 9 heteroatoms. The molecule has 5 nitrogen and oxygen atoms in total. The lowest BCUT2D eigenvalue weighted by molar-refractivity contribution is 0.397. The van der Waals surface area contributed by atoms with Crippen LogP contribution in [0.25, 0.3) is 17.0 Å². The van der Waals surface area contributed by atoms with Gasteiger partial charge in [-0.1, -0.05) is 23.4 Å². The summed E-state index contributed by atoms with van der Waals surface area (Å²) in [5, 5.41) is 10.0. The minimum Gasteiger partial charge on any atom is -0.351 e. The van der Waals surface area contributed by atoms with Crippen LogP contribution >= 0.6 is 23.6 Å². The summed E-state index contributed by atoms with van der Waals surface area (Å²) in [6.07, 6.45) is 0.819. The Bertz CT molecular complexity index is 1350. The lowest BCUT2D eigenvalue weighted by atomic mass is 9.94. The first-order valence-corrected chi connectivity index (χ1v) is 11.9. The molecule has 5 rings (SSSR count). The van der Waals surface area contributed by atoms with Gasteiger partial charge >= 0.3 is 0 Å². The molecule has 2 aromatic heterocycles. The largest absolute Gasteiger partial charge is 0.351 e. The van der Waals surface area contributed by atoms with Crippen LogP contribution in [0.1, 0.15) is 29.3 Å². The average molecular weight is 495 g/mol.